The fourth-order valence-corrected chi connectivity index (χ4v) is 3.43. The standard InChI is InChI=1S/C17H21N5O2/c18-14-13-15-21-16(20-14)24-8-3-1-2-5-11-6-4-7-12(9-11)10-22(15)17(23)19-13/h4,6-7,12H,1-3,5,8-10H2,(H,19,23)(H2,18,20,21). The van der Waals surface area contributed by atoms with Gasteiger partial charge in [0.05, 0.1) is 6.61 Å². The third kappa shape index (κ3) is 2.81. The van der Waals surface area contributed by atoms with Gasteiger partial charge in [0.2, 0.25) is 0 Å². The third-order valence-electron chi connectivity index (χ3n) is 4.66. The van der Waals surface area contributed by atoms with Crippen LogP contribution in [0.15, 0.2) is 28.6 Å². The quantitative estimate of drug-likeness (QED) is 0.772. The van der Waals surface area contributed by atoms with Crippen LogP contribution in [0.1, 0.15) is 32.1 Å². The Morgan fingerprint density at radius 3 is 3.12 bits per heavy atom. The molecule has 2 aromatic rings. The van der Waals surface area contributed by atoms with E-state index in [0.717, 1.165) is 32.1 Å². The summed E-state index contributed by atoms with van der Waals surface area (Å²) in [5.74, 6) is 0.530. The molecule has 0 saturated heterocycles. The first kappa shape index (κ1) is 15.0. The highest BCUT2D eigenvalue weighted by molar-refractivity contribution is 5.81. The van der Waals surface area contributed by atoms with Crippen molar-refractivity contribution in [3.8, 4) is 6.01 Å². The average Bonchev–Trinajstić information content (AvgIpc) is 2.88. The van der Waals surface area contributed by atoms with Crippen molar-refractivity contribution in [1.29, 1.82) is 0 Å². The molecule has 7 heteroatoms. The molecule has 0 fully saturated rings. The van der Waals surface area contributed by atoms with Crippen LogP contribution in [0.25, 0.3) is 11.2 Å². The van der Waals surface area contributed by atoms with Crippen LogP contribution in [0.2, 0.25) is 0 Å². The number of nitrogen functional groups attached to an aromatic ring is 1. The van der Waals surface area contributed by atoms with Crippen molar-refractivity contribution in [2.75, 3.05) is 12.3 Å². The molecular weight excluding hydrogens is 306 g/mol. The number of H-pyrrole nitrogens is 1. The highest BCUT2D eigenvalue weighted by Gasteiger charge is 2.19. The maximum absolute atomic E-state index is 12.4. The van der Waals surface area contributed by atoms with Gasteiger partial charge in [-0.15, -0.1) is 0 Å². The Morgan fingerprint density at radius 1 is 1.29 bits per heavy atom. The molecule has 1 unspecified atom stereocenters. The molecule has 0 aromatic carbocycles. The van der Waals surface area contributed by atoms with E-state index in [0.29, 0.717) is 24.3 Å². The maximum Gasteiger partial charge on any atom is 0.327 e. The molecule has 3 N–H and O–H groups in total. The number of imidazole rings is 1. The number of fused-ring (bicyclic) bond motifs is 3. The van der Waals surface area contributed by atoms with E-state index < -0.39 is 0 Å². The Kier molecular flexibility index (Phi) is 3.84. The molecule has 24 heavy (non-hydrogen) atoms. The molecule has 126 valence electrons. The lowest BCUT2D eigenvalue weighted by Crippen LogP contribution is -2.22. The highest BCUT2D eigenvalue weighted by Crippen LogP contribution is 2.26. The molecule has 0 amide bonds. The normalized spacial score (nSPS) is 21.3. The van der Waals surface area contributed by atoms with Gasteiger partial charge in [0.1, 0.15) is 5.52 Å². The summed E-state index contributed by atoms with van der Waals surface area (Å²) in [4.78, 5) is 23.7. The van der Waals surface area contributed by atoms with Gasteiger partial charge >= 0.3 is 11.7 Å². The maximum atomic E-state index is 12.4. The monoisotopic (exact) mass is 327 g/mol. The number of nitrogens with two attached hydrogens (primary N) is 1. The van der Waals surface area contributed by atoms with Crippen molar-refractivity contribution in [1.82, 2.24) is 19.5 Å². The van der Waals surface area contributed by atoms with Gasteiger partial charge < -0.3 is 15.5 Å². The van der Waals surface area contributed by atoms with Crippen molar-refractivity contribution >= 4 is 17.0 Å². The van der Waals surface area contributed by atoms with E-state index in [9.17, 15) is 4.79 Å². The number of rotatable bonds is 0. The summed E-state index contributed by atoms with van der Waals surface area (Å²) < 4.78 is 7.28. The van der Waals surface area contributed by atoms with Crippen LogP contribution < -0.4 is 16.2 Å². The highest BCUT2D eigenvalue weighted by atomic mass is 16.5. The zero-order valence-corrected chi connectivity index (χ0v) is 13.5. The molecule has 0 saturated carbocycles. The minimum atomic E-state index is -0.209. The van der Waals surface area contributed by atoms with E-state index in [4.69, 9.17) is 10.5 Å². The predicted octanol–water partition coefficient (Wildman–Crippen LogP) is 2.16. The lowest BCUT2D eigenvalue weighted by molar-refractivity contribution is 0.282. The summed E-state index contributed by atoms with van der Waals surface area (Å²) in [6, 6.07) is 0.240. The zero-order valence-electron chi connectivity index (χ0n) is 13.5. The van der Waals surface area contributed by atoms with Crippen LogP contribution in [0, 0.1) is 5.92 Å². The van der Waals surface area contributed by atoms with Crippen molar-refractivity contribution in [3.63, 3.8) is 0 Å². The second-order valence-electron chi connectivity index (χ2n) is 6.46. The second kappa shape index (κ2) is 6.14. The van der Waals surface area contributed by atoms with E-state index >= 15 is 0 Å². The lowest BCUT2D eigenvalue weighted by Gasteiger charge is -2.19. The van der Waals surface area contributed by atoms with E-state index in [1.807, 2.05) is 0 Å². The van der Waals surface area contributed by atoms with Crippen LogP contribution in [0.3, 0.4) is 0 Å². The molecule has 0 radical (unpaired) electrons. The Bertz CT molecular complexity index is 877. The number of nitrogens with one attached hydrogen (secondary N) is 1. The molecule has 1 aliphatic heterocycles. The zero-order chi connectivity index (χ0) is 16.5. The summed E-state index contributed by atoms with van der Waals surface area (Å²) in [7, 11) is 0. The summed E-state index contributed by atoms with van der Waals surface area (Å²) in [6.07, 6.45) is 11.8. The molecule has 1 atom stereocenters. The van der Waals surface area contributed by atoms with Crippen molar-refractivity contribution in [3.05, 3.63) is 34.3 Å². The Labute approximate surface area is 139 Å². The minimum absolute atomic E-state index is 0.209. The van der Waals surface area contributed by atoms with E-state index in [1.165, 1.54) is 5.57 Å². The minimum Gasteiger partial charge on any atom is -0.463 e. The van der Waals surface area contributed by atoms with Gasteiger partial charge in [-0.25, -0.2) is 4.79 Å². The van der Waals surface area contributed by atoms with Gasteiger partial charge in [0.25, 0.3) is 0 Å². The smallest absolute Gasteiger partial charge is 0.327 e. The SMILES string of the molecule is Nc1nc2nc3c1[nH]c(=O)n3CC1C=CC=C(CCCCCO2)C1. The predicted molar refractivity (Wildman–Crippen MR) is 91.9 cm³/mol. The topological polar surface area (TPSA) is 98.8 Å². The molecule has 3 heterocycles. The number of aromatic nitrogens is 4. The van der Waals surface area contributed by atoms with E-state index in [2.05, 4.69) is 33.2 Å². The molecule has 2 aromatic heterocycles. The average molecular weight is 327 g/mol. The summed E-state index contributed by atoms with van der Waals surface area (Å²) in [6.45, 7) is 1.13. The largest absolute Gasteiger partial charge is 0.463 e. The number of aromatic amines is 1. The van der Waals surface area contributed by atoms with Gasteiger partial charge in [0.15, 0.2) is 11.5 Å². The van der Waals surface area contributed by atoms with E-state index in [-0.39, 0.29) is 23.4 Å². The summed E-state index contributed by atoms with van der Waals surface area (Å²) in [5, 5.41) is 0. The van der Waals surface area contributed by atoms with Crippen LogP contribution in [-0.4, -0.2) is 26.1 Å². The van der Waals surface area contributed by atoms with Crippen LogP contribution in [0.4, 0.5) is 5.82 Å². The number of nitrogens with zero attached hydrogens (tertiary/aromatic N) is 3. The summed E-state index contributed by atoms with van der Waals surface area (Å²) >= 11 is 0. The molecule has 4 rings (SSSR count). The van der Waals surface area contributed by atoms with Gasteiger partial charge in [-0.05, 0) is 38.0 Å². The Balaban J connectivity index is 1.78. The Morgan fingerprint density at radius 2 is 2.21 bits per heavy atom. The number of ether oxygens (including phenoxy) is 1. The molecular formula is C17H21N5O2. The van der Waals surface area contributed by atoms with Gasteiger partial charge in [0, 0.05) is 6.54 Å². The fourth-order valence-electron chi connectivity index (χ4n) is 3.43. The fraction of sp³-hybridized carbons (Fsp3) is 0.471. The van der Waals surface area contributed by atoms with Gasteiger partial charge in [-0.1, -0.05) is 23.8 Å². The van der Waals surface area contributed by atoms with Crippen LogP contribution >= 0.6 is 0 Å². The first-order valence-electron chi connectivity index (χ1n) is 8.46. The number of hydrogen-bond acceptors (Lipinski definition) is 5. The first-order valence-corrected chi connectivity index (χ1v) is 8.46. The lowest BCUT2D eigenvalue weighted by atomic mass is 9.91. The second-order valence-corrected chi connectivity index (χ2v) is 6.46. The van der Waals surface area contributed by atoms with Crippen LogP contribution in [-0.2, 0) is 6.54 Å². The van der Waals surface area contributed by atoms with Crippen LogP contribution in [0.5, 0.6) is 6.01 Å². The van der Waals surface area contributed by atoms with Crippen molar-refractivity contribution in [2.24, 2.45) is 5.92 Å². The number of hydrogen-bond donors (Lipinski definition) is 2. The van der Waals surface area contributed by atoms with Crippen molar-refractivity contribution in [2.45, 2.75) is 38.6 Å². The number of allylic oxidation sites excluding steroid dienone is 4. The Hall–Kier alpha value is -2.57. The summed E-state index contributed by atoms with van der Waals surface area (Å²) in [5.41, 5.74) is 8.21. The van der Waals surface area contributed by atoms with Gasteiger partial charge in [-0.2, -0.15) is 9.97 Å². The van der Waals surface area contributed by atoms with E-state index in [1.54, 1.807) is 4.57 Å². The number of anilines is 1. The first-order chi connectivity index (χ1) is 11.7. The molecule has 4 bridgehead atoms. The molecule has 2 aliphatic rings. The third-order valence-corrected chi connectivity index (χ3v) is 4.66. The molecule has 0 spiro atoms. The molecule has 1 aliphatic carbocycles. The van der Waals surface area contributed by atoms with Gasteiger partial charge in [-0.3, -0.25) is 4.57 Å². The molecule has 7 nitrogen and oxygen atoms in total. The van der Waals surface area contributed by atoms with Crippen molar-refractivity contribution < 1.29 is 4.74 Å².